The molecule has 3 rings (SSSR count). The number of hydrogen-bond donors (Lipinski definition) is 0. The third-order valence-electron chi connectivity index (χ3n) is 3.75. The van der Waals surface area contributed by atoms with Gasteiger partial charge in [0.15, 0.2) is 5.76 Å². The van der Waals surface area contributed by atoms with Crippen LogP contribution in [0.4, 0.5) is 0 Å². The summed E-state index contributed by atoms with van der Waals surface area (Å²) in [6.07, 6.45) is 4.24. The Bertz CT molecular complexity index is 756. The molecule has 8 nitrogen and oxygen atoms in total. The van der Waals surface area contributed by atoms with E-state index in [0.717, 1.165) is 12.8 Å². The average molecular weight is 338 g/mol. The maximum Gasteiger partial charge on any atom is 0.248 e. The summed E-state index contributed by atoms with van der Waals surface area (Å²) < 4.78 is 37.8. The Morgan fingerprint density at radius 3 is 2.87 bits per heavy atom. The molecule has 1 atom stereocenters. The number of hydrogen-bond acceptors (Lipinski definition) is 7. The Hall–Kier alpha value is -2.00. The predicted molar refractivity (Wildman–Crippen MR) is 80.4 cm³/mol. The van der Waals surface area contributed by atoms with Crippen molar-refractivity contribution in [2.24, 2.45) is 0 Å². The molecule has 1 aliphatic rings. The molecule has 23 heavy (non-hydrogen) atoms. The Kier molecular flexibility index (Phi) is 4.31. The zero-order chi connectivity index (χ0) is 16.4. The van der Waals surface area contributed by atoms with Crippen LogP contribution < -0.4 is 4.74 Å². The van der Waals surface area contributed by atoms with Gasteiger partial charge in [0, 0.05) is 18.8 Å². The van der Waals surface area contributed by atoms with Gasteiger partial charge in [0.2, 0.25) is 15.9 Å². The lowest BCUT2D eigenvalue weighted by atomic mass is 10.1. The molecule has 0 radical (unpaired) electrons. The maximum atomic E-state index is 12.8. The molecule has 1 saturated heterocycles. The van der Waals surface area contributed by atoms with E-state index < -0.39 is 10.0 Å². The average Bonchev–Trinajstić information content (AvgIpc) is 2.88. The van der Waals surface area contributed by atoms with Crippen molar-refractivity contribution in [3.63, 3.8) is 0 Å². The monoisotopic (exact) mass is 338 g/mol. The molecular formula is C14H18N4O4S. The predicted octanol–water partition coefficient (Wildman–Crippen LogP) is 1.31. The molecule has 2 aromatic rings. The molecule has 0 bridgehead atoms. The van der Waals surface area contributed by atoms with Gasteiger partial charge in [-0.3, -0.25) is 0 Å². The first-order valence-corrected chi connectivity index (χ1v) is 8.78. The van der Waals surface area contributed by atoms with Crippen molar-refractivity contribution >= 4 is 10.0 Å². The van der Waals surface area contributed by atoms with Crippen LogP contribution in [-0.2, 0) is 10.0 Å². The normalized spacial score (nSPS) is 19.7. The number of ether oxygens (including phenoxy) is 1. The first-order valence-electron chi connectivity index (χ1n) is 7.34. The van der Waals surface area contributed by atoms with Crippen molar-refractivity contribution in [2.45, 2.75) is 37.7 Å². The van der Waals surface area contributed by atoms with Gasteiger partial charge in [0.25, 0.3) is 0 Å². The second-order valence-electron chi connectivity index (χ2n) is 5.45. The zero-order valence-electron chi connectivity index (χ0n) is 13.0. The fourth-order valence-corrected chi connectivity index (χ4v) is 4.51. The summed E-state index contributed by atoms with van der Waals surface area (Å²) in [5.41, 5.74) is 0.376. The van der Waals surface area contributed by atoms with Gasteiger partial charge in [-0.05, 0) is 26.7 Å². The fourth-order valence-electron chi connectivity index (χ4n) is 2.71. The van der Waals surface area contributed by atoms with Gasteiger partial charge < -0.3 is 9.26 Å². The SMILES string of the molecule is Cc1noc(C)c1S(=O)(=O)N1CCC[C@H](Oc2ccncn2)C1. The van der Waals surface area contributed by atoms with E-state index in [9.17, 15) is 8.42 Å². The summed E-state index contributed by atoms with van der Waals surface area (Å²) in [7, 11) is -3.64. The van der Waals surface area contributed by atoms with Gasteiger partial charge >= 0.3 is 0 Å². The maximum absolute atomic E-state index is 12.8. The highest BCUT2D eigenvalue weighted by Gasteiger charge is 2.35. The summed E-state index contributed by atoms with van der Waals surface area (Å²) in [6.45, 7) is 3.96. The van der Waals surface area contributed by atoms with Gasteiger partial charge in [-0.1, -0.05) is 5.16 Å². The van der Waals surface area contributed by atoms with Crippen molar-refractivity contribution in [3.05, 3.63) is 30.0 Å². The zero-order valence-corrected chi connectivity index (χ0v) is 13.8. The number of nitrogens with zero attached hydrogens (tertiary/aromatic N) is 4. The molecule has 0 amide bonds. The van der Waals surface area contributed by atoms with E-state index in [-0.39, 0.29) is 17.5 Å². The summed E-state index contributed by atoms with van der Waals surface area (Å²) in [5.74, 6) is 0.753. The lowest BCUT2D eigenvalue weighted by molar-refractivity contribution is 0.124. The van der Waals surface area contributed by atoms with E-state index in [4.69, 9.17) is 9.26 Å². The fraction of sp³-hybridized carbons (Fsp3) is 0.500. The van der Waals surface area contributed by atoms with Crippen molar-refractivity contribution in [2.75, 3.05) is 13.1 Å². The Balaban J connectivity index is 1.78. The number of rotatable bonds is 4. The first kappa shape index (κ1) is 15.9. The summed E-state index contributed by atoms with van der Waals surface area (Å²) in [5, 5.41) is 3.74. The molecule has 1 fully saturated rings. The molecule has 2 aromatic heterocycles. The van der Waals surface area contributed by atoms with Crippen molar-refractivity contribution in [1.29, 1.82) is 0 Å². The minimum absolute atomic E-state index is 0.153. The smallest absolute Gasteiger partial charge is 0.248 e. The molecule has 0 aliphatic carbocycles. The Morgan fingerprint density at radius 2 is 2.22 bits per heavy atom. The van der Waals surface area contributed by atoms with Crippen LogP contribution in [0.25, 0.3) is 0 Å². The standard InChI is InChI=1S/C14H18N4O4S/c1-10-14(11(2)22-17-10)23(19,20)18-7-3-4-12(8-18)21-13-5-6-15-9-16-13/h5-6,9,12H,3-4,7-8H2,1-2H3/t12-/m0/s1. The molecule has 0 N–H and O–H groups in total. The summed E-state index contributed by atoms with van der Waals surface area (Å²) in [6, 6.07) is 1.65. The molecule has 0 spiro atoms. The number of sulfonamides is 1. The Labute approximate surface area is 134 Å². The lowest BCUT2D eigenvalue weighted by Gasteiger charge is -2.31. The summed E-state index contributed by atoms with van der Waals surface area (Å²) in [4.78, 5) is 8.00. The van der Waals surface area contributed by atoms with Gasteiger partial charge in [0.1, 0.15) is 23.0 Å². The highest BCUT2D eigenvalue weighted by molar-refractivity contribution is 7.89. The molecule has 0 saturated carbocycles. The Morgan fingerprint density at radius 1 is 1.39 bits per heavy atom. The molecular weight excluding hydrogens is 320 g/mol. The highest BCUT2D eigenvalue weighted by Crippen LogP contribution is 2.26. The second kappa shape index (κ2) is 6.25. The van der Waals surface area contributed by atoms with Crippen LogP contribution >= 0.6 is 0 Å². The van der Waals surface area contributed by atoms with Crippen LogP contribution in [0, 0.1) is 13.8 Å². The molecule has 9 heteroatoms. The van der Waals surface area contributed by atoms with Gasteiger partial charge in [-0.25, -0.2) is 18.4 Å². The van der Waals surface area contributed by atoms with Crippen LogP contribution in [0.2, 0.25) is 0 Å². The molecule has 0 unspecified atom stereocenters. The molecule has 124 valence electrons. The van der Waals surface area contributed by atoms with Gasteiger partial charge in [-0.2, -0.15) is 4.31 Å². The van der Waals surface area contributed by atoms with E-state index in [2.05, 4.69) is 15.1 Å². The van der Waals surface area contributed by atoms with E-state index in [1.807, 2.05) is 0 Å². The van der Waals surface area contributed by atoms with Crippen molar-refractivity contribution < 1.29 is 17.7 Å². The largest absolute Gasteiger partial charge is 0.473 e. The van der Waals surface area contributed by atoms with Crippen LogP contribution in [0.15, 0.2) is 28.0 Å². The second-order valence-corrected chi connectivity index (χ2v) is 7.32. The minimum Gasteiger partial charge on any atom is -0.473 e. The third-order valence-corrected chi connectivity index (χ3v) is 5.86. The summed E-state index contributed by atoms with van der Waals surface area (Å²) >= 11 is 0. The van der Waals surface area contributed by atoms with E-state index in [1.54, 1.807) is 26.1 Å². The number of aryl methyl sites for hydroxylation is 2. The van der Waals surface area contributed by atoms with Crippen molar-refractivity contribution in [1.82, 2.24) is 19.4 Å². The van der Waals surface area contributed by atoms with E-state index >= 15 is 0 Å². The van der Waals surface area contributed by atoms with Crippen molar-refractivity contribution in [3.8, 4) is 5.88 Å². The minimum atomic E-state index is -3.64. The topological polar surface area (TPSA) is 98.4 Å². The number of piperidine rings is 1. The van der Waals surface area contributed by atoms with Gasteiger partial charge in [0.05, 0.1) is 6.54 Å². The number of aromatic nitrogens is 3. The highest BCUT2D eigenvalue weighted by atomic mass is 32.2. The van der Waals surface area contributed by atoms with Crippen LogP contribution in [0.3, 0.4) is 0 Å². The molecule has 1 aliphatic heterocycles. The van der Waals surface area contributed by atoms with Crippen LogP contribution in [0.1, 0.15) is 24.3 Å². The first-order chi connectivity index (χ1) is 11.0. The quantitative estimate of drug-likeness (QED) is 0.829. The molecule has 3 heterocycles. The van der Waals surface area contributed by atoms with E-state index in [0.29, 0.717) is 23.9 Å². The third kappa shape index (κ3) is 3.20. The van der Waals surface area contributed by atoms with E-state index in [1.165, 1.54) is 10.6 Å². The van der Waals surface area contributed by atoms with Crippen LogP contribution in [0.5, 0.6) is 5.88 Å². The van der Waals surface area contributed by atoms with Gasteiger partial charge in [-0.15, -0.1) is 0 Å². The van der Waals surface area contributed by atoms with Crippen LogP contribution in [-0.4, -0.2) is 47.0 Å². The lowest BCUT2D eigenvalue weighted by Crippen LogP contribution is -2.44. The molecule has 0 aromatic carbocycles.